The summed E-state index contributed by atoms with van der Waals surface area (Å²) in [6.45, 7) is 3.81. The Labute approximate surface area is 123 Å². The molecule has 1 rings (SSSR count). The molecular formula is C14H22N2O5. The minimum atomic E-state index is -1.18. The third-order valence-corrected chi connectivity index (χ3v) is 3.87. The van der Waals surface area contributed by atoms with Crippen LogP contribution in [0.4, 0.5) is 4.79 Å². The van der Waals surface area contributed by atoms with E-state index in [1.54, 1.807) is 7.11 Å². The van der Waals surface area contributed by atoms with Gasteiger partial charge in [0.25, 0.3) is 5.91 Å². The number of hydrogen-bond acceptors (Lipinski definition) is 4. The zero-order valence-corrected chi connectivity index (χ0v) is 12.6. The second kappa shape index (κ2) is 7.21. The number of ether oxygens (including phenoxy) is 1. The molecule has 1 aliphatic carbocycles. The Hall–Kier alpha value is -1.89. The summed E-state index contributed by atoms with van der Waals surface area (Å²) in [5.41, 5.74) is 0.00960. The Morgan fingerprint density at radius 2 is 1.81 bits per heavy atom. The highest BCUT2D eigenvalue weighted by atomic mass is 16.5. The van der Waals surface area contributed by atoms with Crippen molar-refractivity contribution in [3.8, 4) is 0 Å². The molecule has 0 spiro atoms. The van der Waals surface area contributed by atoms with E-state index >= 15 is 0 Å². The molecule has 0 saturated heterocycles. The average Bonchev–Trinajstić information content (AvgIpc) is 3.21. The van der Waals surface area contributed by atoms with Crippen molar-refractivity contribution in [2.45, 2.75) is 33.1 Å². The van der Waals surface area contributed by atoms with Gasteiger partial charge in [-0.1, -0.05) is 0 Å². The lowest BCUT2D eigenvalue weighted by molar-refractivity contribution is -0.133. The number of carboxylic acids is 1. The largest absolute Gasteiger partial charge is 0.478 e. The number of carbonyl (C=O) groups is 3. The van der Waals surface area contributed by atoms with Gasteiger partial charge in [-0.15, -0.1) is 0 Å². The van der Waals surface area contributed by atoms with Crippen molar-refractivity contribution < 1.29 is 24.2 Å². The van der Waals surface area contributed by atoms with Crippen LogP contribution in [0.5, 0.6) is 0 Å². The molecule has 0 aromatic carbocycles. The molecule has 0 bridgehead atoms. The van der Waals surface area contributed by atoms with Crippen LogP contribution in [0, 0.1) is 5.41 Å². The zero-order chi connectivity index (χ0) is 16.0. The number of nitrogens with one attached hydrogen (secondary N) is 2. The predicted molar refractivity (Wildman–Crippen MR) is 75.7 cm³/mol. The topological polar surface area (TPSA) is 105 Å². The van der Waals surface area contributed by atoms with Gasteiger partial charge in [-0.3, -0.25) is 10.1 Å². The van der Waals surface area contributed by atoms with E-state index in [-0.39, 0.29) is 16.6 Å². The SMILES string of the molecule is COCCC1(CNC(=O)NC(=O)C(C)=C(C)C(=O)O)CC1. The number of rotatable bonds is 7. The molecule has 1 saturated carbocycles. The number of carbonyl (C=O) groups excluding carboxylic acids is 2. The third-order valence-electron chi connectivity index (χ3n) is 3.87. The second-order valence-corrected chi connectivity index (χ2v) is 5.43. The first-order valence-electron chi connectivity index (χ1n) is 6.80. The molecule has 0 radical (unpaired) electrons. The molecule has 0 aliphatic heterocycles. The minimum Gasteiger partial charge on any atom is -0.478 e. The minimum absolute atomic E-state index is 0.0122. The Morgan fingerprint density at radius 1 is 1.19 bits per heavy atom. The van der Waals surface area contributed by atoms with Gasteiger partial charge in [0.05, 0.1) is 0 Å². The molecule has 0 unspecified atom stereocenters. The van der Waals surface area contributed by atoms with E-state index in [0.29, 0.717) is 13.2 Å². The van der Waals surface area contributed by atoms with Crippen LogP contribution in [-0.4, -0.2) is 43.3 Å². The maximum Gasteiger partial charge on any atom is 0.331 e. The average molecular weight is 298 g/mol. The van der Waals surface area contributed by atoms with E-state index in [4.69, 9.17) is 9.84 Å². The van der Waals surface area contributed by atoms with Crippen molar-refractivity contribution >= 4 is 17.9 Å². The number of amides is 3. The Morgan fingerprint density at radius 3 is 2.29 bits per heavy atom. The van der Waals surface area contributed by atoms with Crippen molar-refractivity contribution in [3.63, 3.8) is 0 Å². The van der Waals surface area contributed by atoms with Crippen molar-refractivity contribution in [1.82, 2.24) is 10.6 Å². The summed E-state index contributed by atoms with van der Waals surface area (Å²) in [6.07, 6.45) is 2.93. The maximum atomic E-state index is 11.7. The number of imide groups is 1. The van der Waals surface area contributed by atoms with Crippen molar-refractivity contribution in [2.75, 3.05) is 20.3 Å². The van der Waals surface area contributed by atoms with Gasteiger partial charge in [-0.05, 0) is 38.5 Å². The van der Waals surface area contributed by atoms with E-state index in [1.165, 1.54) is 13.8 Å². The number of urea groups is 1. The summed E-state index contributed by atoms with van der Waals surface area (Å²) in [5, 5.41) is 13.6. The number of carboxylic acid groups (broad SMARTS) is 1. The van der Waals surface area contributed by atoms with Crippen LogP contribution < -0.4 is 10.6 Å². The van der Waals surface area contributed by atoms with E-state index in [2.05, 4.69) is 10.6 Å². The summed E-state index contributed by atoms with van der Waals surface area (Å²) in [5.74, 6) is -1.88. The van der Waals surface area contributed by atoms with Gasteiger partial charge in [-0.2, -0.15) is 0 Å². The van der Waals surface area contributed by atoms with Gasteiger partial charge >= 0.3 is 12.0 Å². The smallest absolute Gasteiger partial charge is 0.331 e. The lowest BCUT2D eigenvalue weighted by atomic mass is 10.0. The second-order valence-electron chi connectivity index (χ2n) is 5.43. The fourth-order valence-corrected chi connectivity index (χ4v) is 1.85. The first-order chi connectivity index (χ1) is 9.81. The molecule has 0 atom stereocenters. The molecule has 1 aliphatic rings. The molecule has 118 valence electrons. The zero-order valence-electron chi connectivity index (χ0n) is 12.6. The molecule has 0 aromatic heterocycles. The van der Waals surface area contributed by atoms with E-state index in [0.717, 1.165) is 19.3 Å². The standard InChI is InChI=1S/C14H22N2O5/c1-9(10(2)12(18)19)11(17)16-13(20)15-8-14(4-5-14)6-7-21-3/h4-8H2,1-3H3,(H,18,19)(H2,15,16,17,20). The van der Waals surface area contributed by atoms with Crippen LogP contribution in [0.25, 0.3) is 0 Å². The van der Waals surface area contributed by atoms with Crippen LogP contribution >= 0.6 is 0 Å². The number of hydrogen-bond donors (Lipinski definition) is 3. The number of aliphatic carboxylic acids is 1. The Bertz CT molecular complexity index is 466. The molecule has 0 heterocycles. The van der Waals surface area contributed by atoms with Crippen LogP contribution in [0.15, 0.2) is 11.1 Å². The van der Waals surface area contributed by atoms with Gasteiger partial charge in [0.15, 0.2) is 0 Å². The summed E-state index contributed by atoms with van der Waals surface area (Å²) < 4.78 is 5.03. The van der Waals surface area contributed by atoms with Gasteiger partial charge < -0.3 is 15.2 Å². The lowest BCUT2D eigenvalue weighted by Gasteiger charge is -2.15. The third kappa shape index (κ3) is 5.18. The summed E-state index contributed by atoms with van der Waals surface area (Å²) in [7, 11) is 1.63. The Kier molecular flexibility index (Phi) is 5.90. The fourth-order valence-electron chi connectivity index (χ4n) is 1.85. The fraction of sp³-hybridized carbons (Fsp3) is 0.643. The predicted octanol–water partition coefficient (Wildman–Crippen LogP) is 1.05. The molecule has 0 aromatic rings. The van der Waals surface area contributed by atoms with Crippen molar-refractivity contribution in [3.05, 3.63) is 11.1 Å². The quantitative estimate of drug-likeness (QED) is 0.609. The highest BCUT2D eigenvalue weighted by molar-refractivity contribution is 6.07. The van der Waals surface area contributed by atoms with Crippen LogP contribution in [-0.2, 0) is 14.3 Å². The van der Waals surface area contributed by atoms with Crippen molar-refractivity contribution in [1.29, 1.82) is 0 Å². The molecule has 7 heteroatoms. The van der Waals surface area contributed by atoms with Gasteiger partial charge in [-0.25, -0.2) is 9.59 Å². The molecule has 3 amide bonds. The molecule has 21 heavy (non-hydrogen) atoms. The highest BCUT2D eigenvalue weighted by Gasteiger charge is 2.42. The van der Waals surface area contributed by atoms with E-state index in [1.807, 2.05) is 0 Å². The van der Waals surface area contributed by atoms with Crippen LogP contribution in [0.3, 0.4) is 0 Å². The van der Waals surface area contributed by atoms with E-state index < -0.39 is 17.9 Å². The lowest BCUT2D eigenvalue weighted by Crippen LogP contribution is -2.42. The monoisotopic (exact) mass is 298 g/mol. The Balaban J connectivity index is 2.42. The molecule has 1 fully saturated rings. The maximum absolute atomic E-state index is 11.7. The number of methoxy groups -OCH3 is 1. The summed E-state index contributed by atoms with van der Waals surface area (Å²) >= 11 is 0. The van der Waals surface area contributed by atoms with Gasteiger partial charge in [0, 0.05) is 31.4 Å². The molecule has 3 N–H and O–H groups in total. The van der Waals surface area contributed by atoms with E-state index in [9.17, 15) is 14.4 Å². The van der Waals surface area contributed by atoms with Crippen LogP contribution in [0.1, 0.15) is 33.1 Å². The molecule has 7 nitrogen and oxygen atoms in total. The summed E-state index contributed by atoms with van der Waals surface area (Å²) in [4.78, 5) is 34.1. The van der Waals surface area contributed by atoms with Crippen LogP contribution in [0.2, 0.25) is 0 Å². The van der Waals surface area contributed by atoms with Crippen molar-refractivity contribution in [2.24, 2.45) is 5.41 Å². The normalized spacial score (nSPS) is 16.7. The van der Waals surface area contributed by atoms with Gasteiger partial charge in [0.1, 0.15) is 0 Å². The first-order valence-corrected chi connectivity index (χ1v) is 6.80. The highest BCUT2D eigenvalue weighted by Crippen LogP contribution is 2.48. The molecular weight excluding hydrogens is 276 g/mol. The summed E-state index contributed by atoms with van der Waals surface area (Å²) in [6, 6.07) is -0.610. The van der Waals surface area contributed by atoms with Gasteiger partial charge in [0.2, 0.25) is 0 Å². The first kappa shape index (κ1) is 17.2.